The fourth-order valence-electron chi connectivity index (χ4n) is 4.15. The first-order chi connectivity index (χ1) is 12.0. The molecule has 1 aromatic carbocycles. The first kappa shape index (κ1) is 17.9. The molecule has 0 spiro atoms. The second-order valence-corrected chi connectivity index (χ2v) is 7.53. The summed E-state index contributed by atoms with van der Waals surface area (Å²) < 4.78 is 5.22. The molecular formula is C22H29NO2. The van der Waals surface area contributed by atoms with Crippen LogP contribution in [0.3, 0.4) is 0 Å². The summed E-state index contributed by atoms with van der Waals surface area (Å²) in [6, 6.07) is 7.94. The summed E-state index contributed by atoms with van der Waals surface area (Å²) in [7, 11) is 5.84. The van der Waals surface area contributed by atoms with Gasteiger partial charge in [-0.25, -0.2) is 0 Å². The van der Waals surface area contributed by atoms with Gasteiger partial charge < -0.3 is 9.64 Å². The number of carbonyl (C=O) groups is 1. The highest BCUT2D eigenvalue weighted by Crippen LogP contribution is 2.50. The molecule has 0 bridgehead atoms. The van der Waals surface area contributed by atoms with Crippen molar-refractivity contribution in [3.8, 4) is 5.75 Å². The van der Waals surface area contributed by atoms with Crippen LogP contribution >= 0.6 is 0 Å². The maximum absolute atomic E-state index is 13.4. The van der Waals surface area contributed by atoms with E-state index in [4.69, 9.17) is 4.74 Å². The van der Waals surface area contributed by atoms with E-state index in [1.807, 2.05) is 24.3 Å². The molecule has 1 saturated carbocycles. The van der Waals surface area contributed by atoms with E-state index < -0.39 is 0 Å². The fraction of sp³-hybridized carbons (Fsp3) is 0.500. The number of rotatable bonds is 6. The molecule has 2 aliphatic rings. The van der Waals surface area contributed by atoms with Crippen LogP contribution in [0, 0.1) is 5.41 Å². The van der Waals surface area contributed by atoms with Crippen molar-refractivity contribution in [2.24, 2.45) is 5.41 Å². The minimum absolute atomic E-state index is 0.251. The van der Waals surface area contributed by atoms with Crippen LogP contribution in [0.1, 0.15) is 44.1 Å². The molecule has 0 amide bonds. The first-order valence-corrected chi connectivity index (χ1v) is 9.29. The van der Waals surface area contributed by atoms with Crippen LogP contribution < -0.4 is 4.74 Å². The van der Waals surface area contributed by atoms with Crippen molar-refractivity contribution in [3.63, 3.8) is 0 Å². The van der Waals surface area contributed by atoms with Crippen LogP contribution in [-0.2, 0) is 4.79 Å². The number of ether oxygens (including phenoxy) is 1. The minimum atomic E-state index is -0.251. The predicted molar refractivity (Wildman–Crippen MR) is 103 cm³/mol. The van der Waals surface area contributed by atoms with Crippen molar-refractivity contribution in [3.05, 3.63) is 47.1 Å². The Morgan fingerprint density at radius 3 is 2.56 bits per heavy atom. The topological polar surface area (TPSA) is 29.5 Å². The number of carbonyl (C=O) groups excluding carboxylic acids is 1. The van der Waals surface area contributed by atoms with Crippen LogP contribution in [0.15, 0.2) is 41.5 Å². The molecule has 1 unspecified atom stereocenters. The Balaban J connectivity index is 1.86. The lowest BCUT2D eigenvalue weighted by Crippen LogP contribution is -2.32. The number of allylic oxidation sites excluding steroid dienone is 3. The predicted octanol–water partition coefficient (Wildman–Crippen LogP) is 4.49. The lowest BCUT2D eigenvalue weighted by molar-refractivity contribution is -0.121. The summed E-state index contributed by atoms with van der Waals surface area (Å²) in [6.07, 6.45) is 10.6. The molecule has 0 aromatic heterocycles. The first-order valence-electron chi connectivity index (χ1n) is 9.29. The molecule has 0 heterocycles. The average Bonchev–Trinajstić information content (AvgIpc) is 3.25. The lowest BCUT2D eigenvalue weighted by Gasteiger charge is -2.30. The zero-order valence-electron chi connectivity index (χ0n) is 15.7. The van der Waals surface area contributed by atoms with Gasteiger partial charge in [0.15, 0.2) is 5.78 Å². The van der Waals surface area contributed by atoms with Gasteiger partial charge >= 0.3 is 0 Å². The van der Waals surface area contributed by atoms with Gasteiger partial charge in [-0.2, -0.15) is 0 Å². The maximum atomic E-state index is 13.4. The Morgan fingerprint density at radius 1 is 1.20 bits per heavy atom. The smallest absolute Gasteiger partial charge is 0.169 e. The minimum Gasteiger partial charge on any atom is -0.497 e. The Bertz CT molecular complexity index is 684. The monoisotopic (exact) mass is 339 g/mol. The number of methoxy groups -OCH3 is 1. The molecule has 25 heavy (non-hydrogen) atoms. The summed E-state index contributed by atoms with van der Waals surface area (Å²) in [5.74, 6) is 1.20. The number of Topliss-reactive ketones (excluding diaryl/α,β-unsaturated/α-hetero) is 1. The quantitative estimate of drug-likeness (QED) is 0.565. The van der Waals surface area contributed by atoms with E-state index >= 15 is 0 Å². The standard InChI is InChI=1S/C22H29NO2/c1-23(2)15-14-22(19-6-4-5-7-19)13-12-18(21(22)24)16-17-8-10-20(25-3)11-9-17/h6,8-11,16H,4-5,7,12-15H2,1-3H3/b18-16+. The van der Waals surface area contributed by atoms with Gasteiger partial charge in [-0.05, 0) is 88.5 Å². The van der Waals surface area contributed by atoms with Crippen LogP contribution in [0.5, 0.6) is 5.75 Å². The molecular weight excluding hydrogens is 310 g/mol. The van der Waals surface area contributed by atoms with Gasteiger partial charge in [0.2, 0.25) is 0 Å². The zero-order valence-corrected chi connectivity index (χ0v) is 15.7. The molecule has 1 fully saturated rings. The van der Waals surface area contributed by atoms with Crippen LogP contribution in [0.4, 0.5) is 0 Å². The molecule has 0 radical (unpaired) electrons. The zero-order chi connectivity index (χ0) is 17.9. The Hall–Kier alpha value is -1.87. The van der Waals surface area contributed by atoms with Crippen LogP contribution in [0.2, 0.25) is 0 Å². The molecule has 134 valence electrons. The van der Waals surface area contributed by atoms with Gasteiger partial charge in [0.1, 0.15) is 5.75 Å². The van der Waals surface area contributed by atoms with E-state index in [0.717, 1.165) is 55.5 Å². The second kappa shape index (κ2) is 7.57. The molecule has 2 aliphatic carbocycles. The third kappa shape index (κ3) is 3.72. The van der Waals surface area contributed by atoms with E-state index in [1.165, 1.54) is 12.0 Å². The van der Waals surface area contributed by atoms with Crippen molar-refractivity contribution in [1.82, 2.24) is 4.90 Å². The van der Waals surface area contributed by atoms with Crippen molar-refractivity contribution in [2.45, 2.75) is 38.5 Å². The van der Waals surface area contributed by atoms with E-state index in [2.05, 4.69) is 31.1 Å². The number of nitrogens with zero attached hydrogens (tertiary/aromatic N) is 1. The van der Waals surface area contributed by atoms with Crippen molar-refractivity contribution in [2.75, 3.05) is 27.7 Å². The summed E-state index contributed by atoms with van der Waals surface area (Å²) in [6.45, 7) is 0.957. The second-order valence-electron chi connectivity index (χ2n) is 7.53. The summed E-state index contributed by atoms with van der Waals surface area (Å²) in [5.41, 5.74) is 3.21. The molecule has 0 aliphatic heterocycles. The van der Waals surface area contributed by atoms with E-state index in [9.17, 15) is 4.79 Å². The molecule has 3 nitrogen and oxygen atoms in total. The molecule has 3 rings (SSSR count). The van der Waals surface area contributed by atoms with Gasteiger partial charge in [0.25, 0.3) is 0 Å². The summed E-state index contributed by atoms with van der Waals surface area (Å²) in [4.78, 5) is 15.6. The largest absolute Gasteiger partial charge is 0.497 e. The molecule has 0 saturated heterocycles. The fourth-order valence-corrected chi connectivity index (χ4v) is 4.15. The number of hydrogen-bond acceptors (Lipinski definition) is 3. The van der Waals surface area contributed by atoms with Crippen LogP contribution in [-0.4, -0.2) is 38.4 Å². The van der Waals surface area contributed by atoms with E-state index in [0.29, 0.717) is 5.78 Å². The Morgan fingerprint density at radius 2 is 1.96 bits per heavy atom. The Kier molecular flexibility index (Phi) is 5.43. The van der Waals surface area contributed by atoms with Crippen molar-refractivity contribution in [1.29, 1.82) is 0 Å². The van der Waals surface area contributed by atoms with E-state index in [1.54, 1.807) is 7.11 Å². The van der Waals surface area contributed by atoms with Gasteiger partial charge in [-0.1, -0.05) is 23.8 Å². The van der Waals surface area contributed by atoms with Gasteiger partial charge in [-0.15, -0.1) is 0 Å². The third-order valence-corrected chi connectivity index (χ3v) is 5.65. The summed E-state index contributed by atoms with van der Waals surface area (Å²) >= 11 is 0. The molecule has 3 heteroatoms. The van der Waals surface area contributed by atoms with E-state index in [-0.39, 0.29) is 5.41 Å². The molecule has 1 aromatic rings. The normalized spacial score (nSPS) is 25.0. The number of hydrogen-bond donors (Lipinski definition) is 0. The number of benzene rings is 1. The van der Waals surface area contributed by atoms with Crippen LogP contribution in [0.25, 0.3) is 6.08 Å². The molecule has 0 N–H and O–H groups in total. The highest BCUT2D eigenvalue weighted by atomic mass is 16.5. The third-order valence-electron chi connectivity index (χ3n) is 5.65. The van der Waals surface area contributed by atoms with Gasteiger partial charge in [0, 0.05) is 0 Å². The van der Waals surface area contributed by atoms with Crippen molar-refractivity contribution < 1.29 is 9.53 Å². The maximum Gasteiger partial charge on any atom is 0.169 e. The lowest BCUT2D eigenvalue weighted by atomic mass is 9.74. The highest BCUT2D eigenvalue weighted by molar-refractivity contribution is 6.07. The van der Waals surface area contributed by atoms with Gasteiger partial charge in [0.05, 0.1) is 12.5 Å². The summed E-state index contributed by atoms with van der Waals surface area (Å²) in [5, 5.41) is 0. The highest BCUT2D eigenvalue weighted by Gasteiger charge is 2.47. The van der Waals surface area contributed by atoms with Crippen molar-refractivity contribution >= 4 is 11.9 Å². The number of ketones is 1. The average molecular weight is 339 g/mol. The Labute approximate surface area is 151 Å². The van der Waals surface area contributed by atoms with Gasteiger partial charge in [-0.3, -0.25) is 4.79 Å². The SMILES string of the molecule is COc1ccc(/C=C2\CCC(CCN(C)C)(C3=CCCC3)C2=O)cc1. The molecule has 1 atom stereocenters.